The van der Waals surface area contributed by atoms with Crippen LogP contribution in [0.5, 0.6) is 5.75 Å². The van der Waals surface area contributed by atoms with E-state index < -0.39 is 0 Å². The number of carbonyl (C=O) groups excluding carboxylic acids is 1. The first-order chi connectivity index (χ1) is 13.0. The molecule has 2 aromatic carbocycles. The van der Waals surface area contributed by atoms with Crippen LogP contribution in [0.25, 0.3) is 0 Å². The average Bonchev–Trinajstić information content (AvgIpc) is 2.69. The normalized spacial score (nSPS) is 14.9. The smallest absolute Gasteiger partial charge is 0.225 e. The van der Waals surface area contributed by atoms with E-state index in [0.717, 1.165) is 49.7 Å². The van der Waals surface area contributed by atoms with Crippen LogP contribution in [0.1, 0.15) is 17.5 Å². The highest BCUT2D eigenvalue weighted by Gasteiger charge is 2.18. The summed E-state index contributed by atoms with van der Waals surface area (Å²) >= 11 is 0. The molecule has 5 nitrogen and oxygen atoms in total. The van der Waals surface area contributed by atoms with Gasteiger partial charge in [0.1, 0.15) is 5.75 Å². The highest BCUT2D eigenvalue weighted by atomic mass is 16.5. The Morgan fingerprint density at radius 3 is 2.37 bits per heavy atom. The van der Waals surface area contributed by atoms with Gasteiger partial charge < -0.3 is 15.0 Å². The van der Waals surface area contributed by atoms with Crippen LogP contribution in [-0.2, 0) is 4.79 Å². The summed E-state index contributed by atoms with van der Waals surface area (Å²) in [6, 6.07) is 14.3. The molecule has 2 aromatic rings. The molecular formula is C22H29N3O2. The lowest BCUT2D eigenvalue weighted by Gasteiger charge is -2.36. The lowest BCUT2D eigenvalue weighted by Crippen LogP contribution is -2.47. The Labute approximate surface area is 161 Å². The molecule has 5 heteroatoms. The maximum atomic E-state index is 12.3. The topological polar surface area (TPSA) is 44.8 Å². The Bertz CT molecular complexity index is 766. The van der Waals surface area contributed by atoms with Crippen molar-refractivity contribution in [3.8, 4) is 5.75 Å². The molecule has 27 heavy (non-hydrogen) atoms. The predicted molar refractivity (Wildman–Crippen MR) is 111 cm³/mol. The first kappa shape index (κ1) is 19.2. The molecule has 0 spiro atoms. The summed E-state index contributed by atoms with van der Waals surface area (Å²) in [6.45, 7) is 8.79. The second-order valence-corrected chi connectivity index (χ2v) is 7.14. The van der Waals surface area contributed by atoms with Crippen molar-refractivity contribution in [3.63, 3.8) is 0 Å². The van der Waals surface area contributed by atoms with E-state index in [4.69, 9.17) is 4.74 Å². The lowest BCUT2D eigenvalue weighted by atomic mass is 10.1. The van der Waals surface area contributed by atoms with Crippen molar-refractivity contribution in [1.29, 1.82) is 0 Å². The minimum absolute atomic E-state index is 0.0829. The van der Waals surface area contributed by atoms with Crippen LogP contribution in [0.4, 0.5) is 11.4 Å². The van der Waals surface area contributed by atoms with Gasteiger partial charge in [-0.2, -0.15) is 0 Å². The van der Waals surface area contributed by atoms with Gasteiger partial charge >= 0.3 is 0 Å². The van der Waals surface area contributed by atoms with Crippen molar-refractivity contribution in [2.45, 2.75) is 20.3 Å². The van der Waals surface area contributed by atoms with Gasteiger partial charge in [-0.25, -0.2) is 0 Å². The lowest BCUT2D eigenvalue weighted by molar-refractivity contribution is -0.116. The van der Waals surface area contributed by atoms with E-state index >= 15 is 0 Å². The van der Waals surface area contributed by atoms with Crippen molar-refractivity contribution in [1.82, 2.24) is 4.90 Å². The Balaban J connectivity index is 1.43. The van der Waals surface area contributed by atoms with Crippen LogP contribution in [0.3, 0.4) is 0 Å². The fourth-order valence-corrected chi connectivity index (χ4v) is 3.45. The summed E-state index contributed by atoms with van der Waals surface area (Å²) in [7, 11) is 1.68. The van der Waals surface area contributed by atoms with Gasteiger partial charge in [-0.05, 0) is 49.7 Å². The highest BCUT2D eigenvalue weighted by molar-refractivity contribution is 5.91. The molecule has 1 N–H and O–H groups in total. The van der Waals surface area contributed by atoms with Gasteiger partial charge in [0.15, 0.2) is 0 Å². The van der Waals surface area contributed by atoms with Crippen LogP contribution in [-0.4, -0.2) is 50.6 Å². The zero-order valence-corrected chi connectivity index (χ0v) is 16.5. The number of amides is 1. The van der Waals surface area contributed by atoms with E-state index in [9.17, 15) is 4.79 Å². The standard InChI is InChI=1S/C22H29N3O2/c1-17-4-9-21(18(2)16-17)23-22(26)10-11-24-12-14-25(15-13-24)19-5-7-20(27-3)8-6-19/h4-9,16H,10-15H2,1-3H3,(H,23,26). The van der Waals surface area contributed by atoms with Gasteiger partial charge in [0.2, 0.25) is 5.91 Å². The molecule has 1 aliphatic rings. The van der Waals surface area contributed by atoms with Gasteiger partial charge in [0, 0.05) is 50.5 Å². The van der Waals surface area contributed by atoms with Crippen LogP contribution in [0, 0.1) is 13.8 Å². The molecular weight excluding hydrogens is 338 g/mol. The number of anilines is 2. The summed E-state index contributed by atoms with van der Waals surface area (Å²) in [5.41, 5.74) is 4.45. The number of benzene rings is 2. The summed E-state index contributed by atoms with van der Waals surface area (Å²) in [4.78, 5) is 17.0. The predicted octanol–water partition coefficient (Wildman–Crippen LogP) is 3.46. The monoisotopic (exact) mass is 367 g/mol. The molecule has 0 aliphatic carbocycles. The van der Waals surface area contributed by atoms with Crippen molar-refractivity contribution < 1.29 is 9.53 Å². The third-order valence-corrected chi connectivity index (χ3v) is 5.12. The van der Waals surface area contributed by atoms with Crippen LogP contribution >= 0.6 is 0 Å². The van der Waals surface area contributed by atoms with Gasteiger partial charge in [-0.15, -0.1) is 0 Å². The quantitative estimate of drug-likeness (QED) is 0.849. The molecule has 0 atom stereocenters. The van der Waals surface area contributed by atoms with E-state index in [-0.39, 0.29) is 5.91 Å². The number of nitrogens with zero attached hydrogens (tertiary/aromatic N) is 2. The number of methoxy groups -OCH3 is 1. The Hall–Kier alpha value is -2.53. The molecule has 1 fully saturated rings. The van der Waals surface area contributed by atoms with Crippen molar-refractivity contribution >= 4 is 17.3 Å². The molecule has 144 valence electrons. The van der Waals surface area contributed by atoms with E-state index in [1.54, 1.807) is 7.11 Å². The van der Waals surface area contributed by atoms with Gasteiger partial charge in [-0.3, -0.25) is 9.69 Å². The molecule has 0 unspecified atom stereocenters. The SMILES string of the molecule is COc1ccc(N2CCN(CCC(=O)Nc3ccc(C)cc3C)CC2)cc1. The van der Waals surface area contributed by atoms with Gasteiger partial charge in [0.05, 0.1) is 7.11 Å². The fraction of sp³-hybridized carbons (Fsp3) is 0.409. The molecule has 1 heterocycles. The first-order valence-electron chi connectivity index (χ1n) is 9.53. The van der Waals surface area contributed by atoms with E-state index in [2.05, 4.69) is 40.2 Å². The van der Waals surface area contributed by atoms with Crippen LogP contribution < -0.4 is 15.0 Å². The average molecular weight is 367 g/mol. The van der Waals surface area contributed by atoms with E-state index in [0.29, 0.717) is 6.42 Å². The number of ether oxygens (including phenoxy) is 1. The number of carbonyl (C=O) groups is 1. The summed E-state index contributed by atoms with van der Waals surface area (Å²) in [5.74, 6) is 0.965. The minimum atomic E-state index is 0.0829. The Kier molecular flexibility index (Phi) is 6.35. The second kappa shape index (κ2) is 8.91. The molecule has 3 rings (SSSR count). The van der Waals surface area contributed by atoms with Crippen LogP contribution in [0.15, 0.2) is 42.5 Å². The van der Waals surface area contributed by atoms with Gasteiger partial charge in [-0.1, -0.05) is 17.7 Å². The summed E-state index contributed by atoms with van der Waals surface area (Å²) in [6.07, 6.45) is 0.524. The third kappa shape index (κ3) is 5.23. The second-order valence-electron chi connectivity index (χ2n) is 7.14. The molecule has 1 aliphatic heterocycles. The van der Waals surface area contributed by atoms with Crippen LogP contribution in [0.2, 0.25) is 0 Å². The first-order valence-corrected chi connectivity index (χ1v) is 9.53. The molecule has 0 saturated carbocycles. The maximum absolute atomic E-state index is 12.3. The van der Waals surface area contributed by atoms with Crippen molar-refractivity contribution in [3.05, 3.63) is 53.6 Å². The molecule has 0 bridgehead atoms. The van der Waals surface area contributed by atoms with Crippen molar-refractivity contribution in [2.75, 3.05) is 50.1 Å². The number of rotatable bonds is 6. The maximum Gasteiger partial charge on any atom is 0.225 e. The zero-order valence-electron chi connectivity index (χ0n) is 16.5. The third-order valence-electron chi connectivity index (χ3n) is 5.12. The number of hydrogen-bond donors (Lipinski definition) is 1. The number of aryl methyl sites for hydroxylation is 2. The Morgan fingerprint density at radius 2 is 1.74 bits per heavy atom. The largest absolute Gasteiger partial charge is 0.497 e. The molecule has 1 amide bonds. The van der Waals surface area contributed by atoms with E-state index in [1.807, 2.05) is 31.2 Å². The summed E-state index contributed by atoms with van der Waals surface area (Å²) < 4.78 is 5.22. The highest BCUT2D eigenvalue weighted by Crippen LogP contribution is 2.21. The molecule has 1 saturated heterocycles. The van der Waals surface area contributed by atoms with E-state index in [1.165, 1.54) is 11.3 Å². The number of piperazine rings is 1. The Morgan fingerprint density at radius 1 is 1.04 bits per heavy atom. The summed E-state index contributed by atoms with van der Waals surface area (Å²) in [5, 5.41) is 3.03. The molecule has 0 aromatic heterocycles. The fourth-order valence-electron chi connectivity index (χ4n) is 3.45. The zero-order chi connectivity index (χ0) is 19.2. The number of nitrogens with one attached hydrogen (secondary N) is 1. The van der Waals surface area contributed by atoms with Gasteiger partial charge in [0.25, 0.3) is 0 Å². The van der Waals surface area contributed by atoms with Crippen molar-refractivity contribution in [2.24, 2.45) is 0 Å². The minimum Gasteiger partial charge on any atom is -0.497 e. The number of hydrogen-bond acceptors (Lipinski definition) is 4. The molecule has 0 radical (unpaired) electrons.